The molecular weight excluding hydrogens is 528 g/mol. The van der Waals surface area contributed by atoms with E-state index >= 15 is 0 Å². The maximum atomic E-state index is 14.5. The third-order valence-corrected chi connectivity index (χ3v) is 8.42. The molecule has 41 heavy (non-hydrogen) atoms. The van der Waals surface area contributed by atoms with Gasteiger partial charge in [-0.15, -0.1) is 0 Å². The minimum Gasteiger partial charge on any atom is -0.495 e. The van der Waals surface area contributed by atoms with Crippen molar-refractivity contribution in [2.75, 3.05) is 75.3 Å². The Bertz CT molecular complexity index is 1350. The molecule has 0 radical (unpaired) electrons. The molecule has 3 aliphatic heterocycles. The van der Waals surface area contributed by atoms with Crippen LogP contribution in [0.1, 0.15) is 30.9 Å². The lowest BCUT2D eigenvalue weighted by Gasteiger charge is -2.42. The fraction of sp³-hybridized carbons (Fsp3) is 0.467. The summed E-state index contributed by atoms with van der Waals surface area (Å²) in [7, 11) is 3.89. The standard InChI is InChI=1S/C30H37F2N7O2/c1-36-12-14-37(15-13-36)23-7-10-38(11-8-23)27-6-4-22(18-28(27)40-2)35-29-19-30(34-20-33-29)39-26(9-16-41-39)24-5-3-21(31)17-25(24)32/h3-6,17-20,23,26H,7-16H2,1-2H3,(H,33,34,35). The van der Waals surface area contributed by atoms with Gasteiger partial charge in [-0.05, 0) is 38.1 Å². The second-order valence-electron chi connectivity index (χ2n) is 11.0. The maximum absolute atomic E-state index is 14.5. The van der Waals surface area contributed by atoms with Gasteiger partial charge in [0.05, 0.1) is 25.4 Å². The molecule has 2 aromatic carbocycles. The van der Waals surface area contributed by atoms with Gasteiger partial charge in [-0.2, -0.15) is 0 Å². The number of likely N-dealkylation sites (N-methyl/N-ethyl adjacent to an activating group) is 1. The number of piperazine rings is 1. The molecule has 4 heterocycles. The normalized spacial score (nSPS) is 20.9. The van der Waals surface area contributed by atoms with Crippen molar-refractivity contribution in [3.63, 3.8) is 0 Å². The number of ether oxygens (including phenoxy) is 1. The largest absolute Gasteiger partial charge is 0.495 e. The van der Waals surface area contributed by atoms with Crippen molar-refractivity contribution in [2.45, 2.75) is 31.3 Å². The highest BCUT2D eigenvalue weighted by atomic mass is 19.1. The quantitative estimate of drug-likeness (QED) is 0.443. The van der Waals surface area contributed by atoms with Gasteiger partial charge in [0.25, 0.3) is 0 Å². The van der Waals surface area contributed by atoms with Crippen molar-refractivity contribution in [2.24, 2.45) is 0 Å². The van der Waals surface area contributed by atoms with Crippen LogP contribution in [0.3, 0.4) is 0 Å². The lowest BCUT2D eigenvalue weighted by molar-refractivity contribution is 0.0981. The first-order valence-corrected chi connectivity index (χ1v) is 14.3. The Balaban J connectivity index is 1.12. The van der Waals surface area contributed by atoms with Gasteiger partial charge in [-0.25, -0.2) is 23.8 Å². The van der Waals surface area contributed by atoms with Crippen LogP contribution in [-0.2, 0) is 4.84 Å². The molecule has 3 aliphatic rings. The second-order valence-corrected chi connectivity index (χ2v) is 11.0. The molecule has 1 aromatic heterocycles. The average Bonchev–Trinajstić information content (AvgIpc) is 3.48. The Morgan fingerprint density at radius 2 is 1.73 bits per heavy atom. The van der Waals surface area contributed by atoms with Crippen LogP contribution in [0.15, 0.2) is 48.8 Å². The number of nitrogens with one attached hydrogen (secondary N) is 1. The molecule has 218 valence electrons. The molecule has 3 aromatic rings. The van der Waals surface area contributed by atoms with Crippen molar-refractivity contribution in [3.8, 4) is 5.75 Å². The Morgan fingerprint density at radius 1 is 0.927 bits per heavy atom. The Hall–Kier alpha value is -3.54. The predicted molar refractivity (Wildman–Crippen MR) is 155 cm³/mol. The number of aromatic nitrogens is 2. The van der Waals surface area contributed by atoms with Gasteiger partial charge in [-0.1, -0.05) is 6.07 Å². The minimum absolute atomic E-state index is 0.366. The van der Waals surface area contributed by atoms with Crippen LogP contribution < -0.4 is 20.0 Å². The number of anilines is 4. The number of halogens is 2. The zero-order valence-corrected chi connectivity index (χ0v) is 23.6. The van der Waals surface area contributed by atoms with Crippen LogP contribution in [0.2, 0.25) is 0 Å². The lowest BCUT2D eigenvalue weighted by Crippen LogP contribution is -2.52. The highest BCUT2D eigenvalue weighted by Crippen LogP contribution is 2.37. The van der Waals surface area contributed by atoms with Gasteiger partial charge < -0.3 is 19.9 Å². The molecule has 0 amide bonds. The van der Waals surface area contributed by atoms with Crippen LogP contribution in [0, 0.1) is 11.6 Å². The summed E-state index contributed by atoms with van der Waals surface area (Å²) < 4.78 is 33.8. The van der Waals surface area contributed by atoms with E-state index in [1.165, 1.54) is 18.5 Å². The van der Waals surface area contributed by atoms with Crippen molar-refractivity contribution in [1.29, 1.82) is 0 Å². The van der Waals surface area contributed by atoms with Crippen LogP contribution in [-0.4, -0.2) is 85.8 Å². The van der Waals surface area contributed by atoms with Crippen LogP contribution in [0.25, 0.3) is 0 Å². The number of hydrogen-bond donors (Lipinski definition) is 1. The van der Waals surface area contributed by atoms with Crippen molar-refractivity contribution >= 4 is 23.0 Å². The smallest absolute Gasteiger partial charge is 0.158 e. The number of nitrogens with zero attached hydrogens (tertiary/aromatic N) is 6. The molecule has 1 atom stereocenters. The molecule has 0 saturated carbocycles. The number of benzene rings is 2. The Labute approximate surface area is 239 Å². The molecule has 3 fully saturated rings. The summed E-state index contributed by atoms with van der Waals surface area (Å²) in [6, 6.07) is 11.7. The molecular formula is C30H37F2N7O2. The summed E-state index contributed by atoms with van der Waals surface area (Å²) in [5, 5.41) is 4.90. The molecule has 0 spiro atoms. The summed E-state index contributed by atoms with van der Waals surface area (Å²) >= 11 is 0. The van der Waals surface area contributed by atoms with E-state index in [0.717, 1.165) is 75.3 Å². The topological polar surface area (TPSA) is 69.2 Å². The molecule has 1 N–H and O–H groups in total. The van der Waals surface area contributed by atoms with E-state index in [-0.39, 0.29) is 0 Å². The van der Waals surface area contributed by atoms with E-state index in [4.69, 9.17) is 9.57 Å². The fourth-order valence-corrected chi connectivity index (χ4v) is 6.11. The number of methoxy groups -OCH3 is 1. The summed E-state index contributed by atoms with van der Waals surface area (Å²) in [5.74, 6) is 0.639. The van der Waals surface area contributed by atoms with Gasteiger partial charge in [-0.3, -0.25) is 9.74 Å². The van der Waals surface area contributed by atoms with E-state index in [2.05, 4.69) is 43.1 Å². The van der Waals surface area contributed by atoms with Crippen molar-refractivity contribution in [3.05, 3.63) is 66.0 Å². The maximum Gasteiger partial charge on any atom is 0.158 e. The number of rotatable bonds is 7. The van der Waals surface area contributed by atoms with Crippen molar-refractivity contribution in [1.82, 2.24) is 19.8 Å². The molecule has 3 saturated heterocycles. The van der Waals surface area contributed by atoms with Crippen LogP contribution in [0.5, 0.6) is 5.75 Å². The van der Waals surface area contributed by atoms with E-state index in [1.807, 2.05) is 12.1 Å². The zero-order chi connectivity index (χ0) is 28.3. The highest BCUT2D eigenvalue weighted by molar-refractivity contribution is 5.69. The first kappa shape index (κ1) is 27.6. The first-order valence-electron chi connectivity index (χ1n) is 14.3. The Kier molecular flexibility index (Phi) is 8.18. The van der Waals surface area contributed by atoms with Crippen molar-refractivity contribution < 1.29 is 18.4 Å². The summed E-state index contributed by atoms with van der Waals surface area (Å²) in [6.07, 6.45) is 4.30. The summed E-state index contributed by atoms with van der Waals surface area (Å²) in [6.45, 7) is 7.01. The third kappa shape index (κ3) is 6.07. The monoisotopic (exact) mass is 565 g/mol. The van der Waals surface area contributed by atoms with E-state index in [0.29, 0.717) is 36.3 Å². The molecule has 0 bridgehead atoms. The molecule has 9 nitrogen and oxygen atoms in total. The van der Waals surface area contributed by atoms with Gasteiger partial charge >= 0.3 is 0 Å². The van der Waals surface area contributed by atoms with E-state index < -0.39 is 17.7 Å². The predicted octanol–water partition coefficient (Wildman–Crippen LogP) is 4.61. The second kappa shape index (κ2) is 12.1. The zero-order valence-electron chi connectivity index (χ0n) is 23.6. The summed E-state index contributed by atoms with van der Waals surface area (Å²) in [4.78, 5) is 22.0. The van der Waals surface area contributed by atoms with Crippen LogP contribution in [0.4, 0.5) is 31.8 Å². The molecule has 11 heteroatoms. The molecule has 0 aliphatic carbocycles. The van der Waals surface area contributed by atoms with Gasteiger partial charge in [0.15, 0.2) is 5.82 Å². The molecule has 1 unspecified atom stereocenters. The number of piperidine rings is 1. The number of hydrogen-bond acceptors (Lipinski definition) is 9. The SMILES string of the molecule is COc1cc(Nc2cc(N3OCCC3c3ccc(F)cc3F)ncn2)ccc1N1CCC(N2CCN(C)CC2)CC1. The summed E-state index contributed by atoms with van der Waals surface area (Å²) in [5.41, 5.74) is 2.28. The average molecular weight is 566 g/mol. The first-order chi connectivity index (χ1) is 20.0. The van der Waals surface area contributed by atoms with Gasteiger partial charge in [0.1, 0.15) is 29.5 Å². The Morgan fingerprint density at radius 3 is 2.49 bits per heavy atom. The van der Waals surface area contributed by atoms with E-state index in [1.54, 1.807) is 18.2 Å². The molecule has 6 rings (SSSR count). The highest BCUT2D eigenvalue weighted by Gasteiger charge is 2.32. The third-order valence-electron chi connectivity index (χ3n) is 8.42. The fourth-order valence-electron chi connectivity index (χ4n) is 6.11. The van der Waals surface area contributed by atoms with Gasteiger partial charge in [0.2, 0.25) is 0 Å². The van der Waals surface area contributed by atoms with Crippen LogP contribution >= 0.6 is 0 Å². The van der Waals surface area contributed by atoms with Gasteiger partial charge in [0, 0.05) is 81.2 Å². The van der Waals surface area contributed by atoms with E-state index in [9.17, 15) is 8.78 Å². The lowest BCUT2D eigenvalue weighted by atomic mass is 10.0. The minimum atomic E-state index is -0.609. The number of hydroxylamine groups is 1.